The smallest absolute Gasteiger partial charge is 0.139 e. The Morgan fingerprint density at radius 3 is 2.54 bits per heavy atom. The van der Waals surface area contributed by atoms with Gasteiger partial charge in [-0.1, -0.05) is 38.2 Å². The Labute approximate surface area is 170 Å². The molecule has 3 heteroatoms. The van der Waals surface area contributed by atoms with Crippen LogP contribution in [-0.4, -0.2) is 29.6 Å². The van der Waals surface area contributed by atoms with E-state index in [1.54, 1.807) is 0 Å². The van der Waals surface area contributed by atoms with E-state index in [2.05, 4.69) is 37.9 Å². The first-order valence-electron chi connectivity index (χ1n) is 11.6. The maximum Gasteiger partial charge on any atom is 0.139 e. The van der Waals surface area contributed by atoms with E-state index >= 15 is 0 Å². The summed E-state index contributed by atoms with van der Waals surface area (Å²) in [6.07, 6.45) is 12.6. The Kier molecular flexibility index (Phi) is 4.28. The van der Waals surface area contributed by atoms with E-state index in [4.69, 9.17) is 0 Å². The van der Waals surface area contributed by atoms with Gasteiger partial charge in [0.25, 0.3) is 0 Å². The summed E-state index contributed by atoms with van der Waals surface area (Å²) in [7, 11) is 0. The molecule has 1 saturated heterocycles. The molecule has 0 aromatic carbocycles. The normalized spacial score (nSPS) is 51.5. The lowest BCUT2D eigenvalue weighted by Gasteiger charge is -2.64. The number of aliphatic hydroxyl groups is 1. The van der Waals surface area contributed by atoms with E-state index < -0.39 is 5.60 Å². The summed E-state index contributed by atoms with van der Waals surface area (Å²) in [4.78, 5) is 12.6. The van der Waals surface area contributed by atoms with Gasteiger partial charge in [0.1, 0.15) is 5.78 Å². The summed E-state index contributed by atoms with van der Waals surface area (Å²) in [5, 5.41) is 15.3. The molecule has 4 saturated carbocycles. The molecule has 0 radical (unpaired) electrons. The minimum absolute atomic E-state index is 0.0335. The number of fused-ring (bicyclic) bond motifs is 5. The first kappa shape index (κ1) is 19.1. The van der Waals surface area contributed by atoms with Gasteiger partial charge in [0.2, 0.25) is 0 Å². The molecule has 1 heterocycles. The Bertz CT molecular complexity index is 724. The SMILES string of the molecule is C=C1CC2(O)CC(C=CC3CNC3)CC[C@]2(C)[C@@H]2CC[C@]3(C)C(=O)CC[C@H]3[C@H]12. The first-order chi connectivity index (χ1) is 13.3. The summed E-state index contributed by atoms with van der Waals surface area (Å²) >= 11 is 0. The lowest BCUT2D eigenvalue weighted by molar-refractivity contribution is -0.189. The molecule has 2 unspecified atom stereocenters. The summed E-state index contributed by atoms with van der Waals surface area (Å²) in [6, 6.07) is 0. The number of ketones is 1. The summed E-state index contributed by atoms with van der Waals surface area (Å²) in [6.45, 7) is 11.3. The van der Waals surface area contributed by atoms with Crippen molar-refractivity contribution in [2.45, 2.75) is 70.8 Å². The molecule has 0 amide bonds. The molecule has 5 rings (SSSR count). The molecule has 0 bridgehead atoms. The van der Waals surface area contributed by atoms with Crippen LogP contribution in [0.5, 0.6) is 0 Å². The second kappa shape index (κ2) is 6.28. The van der Waals surface area contributed by atoms with Crippen molar-refractivity contribution in [3.63, 3.8) is 0 Å². The highest BCUT2D eigenvalue weighted by molar-refractivity contribution is 5.87. The zero-order valence-corrected chi connectivity index (χ0v) is 17.7. The molecule has 0 aromatic heterocycles. The van der Waals surface area contributed by atoms with Crippen LogP contribution in [-0.2, 0) is 4.79 Å². The fourth-order valence-electron chi connectivity index (χ4n) is 7.91. The quantitative estimate of drug-likeness (QED) is 0.700. The lowest BCUT2D eigenvalue weighted by atomic mass is 9.42. The molecule has 4 aliphatic carbocycles. The van der Waals surface area contributed by atoms with E-state index in [0.29, 0.717) is 35.4 Å². The third kappa shape index (κ3) is 2.51. The van der Waals surface area contributed by atoms with E-state index in [-0.39, 0.29) is 10.8 Å². The van der Waals surface area contributed by atoms with Crippen molar-refractivity contribution in [1.29, 1.82) is 0 Å². The number of carbonyl (C=O) groups is 1. The number of hydrogen-bond donors (Lipinski definition) is 2. The van der Waals surface area contributed by atoms with Crippen LogP contribution < -0.4 is 5.32 Å². The molecule has 2 N–H and O–H groups in total. The molecule has 154 valence electrons. The number of allylic oxidation sites excluding steroid dienone is 1. The molecule has 5 fully saturated rings. The van der Waals surface area contributed by atoms with Crippen molar-refractivity contribution in [3.05, 3.63) is 24.3 Å². The summed E-state index contributed by atoms with van der Waals surface area (Å²) in [5.74, 6) is 3.03. The number of Topliss-reactive ketones (excluding diaryl/α,β-unsaturated/α-hetero) is 1. The Hall–Kier alpha value is -0.930. The fourth-order valence-corrected chi connectivity index (χ4v) is 7.91. The highest BCUT2D eigenvalue weighted by Gasteiger charge is 2.65. The van der Waals surface area contributed by atoms with Crippen molar-refractivity contribution in [2.75, 3.05) is 13.1 Å². The Morgan fingerprint density at radius 2 is 1.82 bits per heavy atom. The molecule has 1 aliphatic heterocycles. The van der Waals surface area contributed by atoms with Gasteiger partial charge in [0, 0.05) is 36.3 Å². The second-order valence-electron chi connectivity index (χ2n) is 11.2. The van der Waals surface area contributed by atoms with Crippen molar-refractivity contribution in [2.24, 2.45) is 40.4 Å². The Morgan fingerprint density at radius 1 is 1.07 bits per heavy atom. The summed E-state index contributed by atoms with van der Waals surface area (Å²) < 4.78 is 0. The number of hydrogen-bond acceptors (Lipinski definition) is 3. The van der Waals surface area contributed by atoms with Gasteiger partial charge >= 0.3 is 0 Å². The molecule has 5 aliphatic rings. The van der Waals surface area contributed by atoms with Gasteiger partial charge in [-0.3, -0.25) is 4.79 Å². The largest absolute Gasteiger partial charge is 0.389 e. The van der Waals surface area contributed by atoms with Gasteiger partial charge in [-0.25, -0.2) is 0 Å². The third-order valence-corrected chi connectivity index (χ3v) is 9.95. The predicted molar refractivity (Wildman–Crippen MR) is 112 cm³/mol. The van der Waals surface area contributed by atoms with Gasteiger partial charge in [-0.2, -0.15) is 0 Å². The highest BCUT2D eigenvalue weighted by atomic mass is 16.3. The fraction of sp³-hybridized carbons (Fsp3) is 0.800. The van der Waals surface area contributed by atoms with Gasteiger partial charge < -0.3 is 10.4 Å². The van der Waals surface area contributed by atoms with E-state index in [1.807, 2.05) is 0 Å². The second-order valence-corrected chi connectivity index (χ2v) is 11.2. The van der Waals surface area contributed by atoms with Crippen LogP contribution in [0.15, 0.2) is 24.3 Å². The number of carbonyl (C=O) groups excluding carboxylic acids is 1. The van der Waals surface area contributed by atoms with Gasteiger partial charge in [0.15, 0.2) is 0 Å². The number of rotatable bonds is 2. The van der Waals surface area contributed by atoms with Gasteiger partial charge in [0.05, 0.1) is 5.60 Å². The number of nitrogens with one attached hydrogen (secondary N) is 1. The zero-order chi connectivity index (χ0) is 19.7. The van der Waals surface area contributed by atoms with Crippen LogP contribution in [0, 0.1) is 40.4 Å². The third-order valence-electron chi connectivity index (χ3n) is 9.95. The van der Waals surface area contributed by atoms with E-state index in [1.165, 1.54) is 12.0 Å². The van der Waals surface area contributed by atoms with Crippen LogP contribution >= 0.6 is 0 Å². The van der Waals surface area contributed by atoms with E-state index in [0.717, 1.165) is 58.0 Å². The predicted octanol–water partition coefficient (Wildman–Crippen LogP) is 4.27. The first-order valence-corrected chi connectivity index (χ1v) is 11.6. The van der Waals surface area contributed by atoms with Crippen molar-refractivity contribution >= 4 is 5.78 Å². The molecule has 3 nitrogen and oxygen atoms in total. The van der Waals surface area contributed by atoms with Crippen LogP contribution in [0.4, 0.5) is 0 Å². The molecule has 7 atom stereocenters. The topological polar surface area (TPSA) is 49.3 Å². The maximum absolute atomic E-state index is 12.6. The van der Waals surface area contributed by atoms with Crippen molar-refractivity contribution < 1.29 is 9.90 Å². The highest BCUT2D eigenvalue weighted by Crippen LogP contribution is 2.68. The minimum atomic E-state index is -0.632. The molecule has 0 spiro atoms. The van der Waals surface area contributed by atoms with E-state index in [9.17, 15) is 9.90 Å². The van der Waals surface area contributed by atoms with Crippen LogP contribution in [0.3, 0.4) is 0 Å². The van der Waals surface area contributed by atoms with Crippen LogP contribution in [0.2, 0.25) is 0 Å². The Balaban J connectivity index is 1.41. The monoisotopic (exact) mass is 383 g/mol. The minimum Gasteiger partial charge on any atom is -0.389 e. The average Bonchev–Trinajstić information content (AvgIpc) is 2.90. The van der Waals surface area contributed by atoms with Crippen molar-refractivity contribution in [1.82, 2.24) is 5.32 Å². The lowest BCUT2D eigenvalue weighted by Crippen LogP contribution is -2.62. The van der Waals surface area contributed by atoms with Crippen LogP contribution in [0.1, 0.15) is 65.2 Å². The maximum atomic E-state index is 12.6. The summed E-state index contributed by atoms with van der Waals surface area (Å²) in [5.41, 5.74) is 0.441. The van der Waals surface area contributed by atoms with Crippen molar-refractivity contribution in [3.8, 4) is 0 Å². The van der Waals surface area contributed by atoms with Gasteiger partial charge in [-0.05, 0) is 68.6 Å². The van der Waals surface area contributed by atoms with Crippen LogP contribution in [0.25, 0.3) is 0 Å². The molecular weight excluding hydrogens is 346 g/mol. The molecular formula is C25H37NO2. The zero-order valence-electron chi connectivity index (χ0n) is 17.7. The average molecular weight is 384 g/mol. The molecule has 28 heavy (non-hydrogen) atoms. The standard InChI is InChI=1S/C25H37NO2/c1-16-12-25(28)13-17(4-5-18-14-26-15-18)8-11-24(25,3)20-9-10-23(2)19(22(16)20)6-7-21(23)27/h4-5,17-20,22,26,28H,1,6-15H2,2-3H3/t17?,19-,20+,22-,23-,24+,25?/m0/s1. The van der Waals surface area contributed by atoms with Gasteiger partial charge in [-0.15, -0.1) is 0 Å². The molecule has 0 aromatic rings.